The van der Waals surface area contributed by atoms with Gasteiger partial charge < -0.3 is 19.7 Å². The molecule has 0 saturated carbocycles. The average molecular weight is 676 g/mol. The number of methoxy groups -OCH3 is 2. The molecule has 2 amide bonds. The highest BCUT2D eigenvalue weighted by molar-refractivity contribution is 7.92. The Morgan fingerprint density at radius 2 is 1.50 bits per heavy atom. The molecule has 0 fully saturated rings. The van der Waals surface area contributed by atoms with Crippen LogP contribution in [0.1, 0.15) is 37.0 Å². The Morgan fingerprint density at radius 3 is 2.10 bits per heavy atom. The maximum Gasteiger partial charge on any atom is 0.264 e. The molecule has 4 aromatic carbocycles. The second-order valence-electron chi connectivity index (χ2n) is 11.5. The molecule has 0 aliphatic carbocycles. The van der Waals surface area contributed by atoms with Gasteiger partial charge in [0.05, 0.1) is 24.8 Å². The molecule has 4 rings (SSSR count). The number of carbonyl (C=O) groups is 2. The molecule has 11 heteroatoms. The Balaban J connectivity index is 1.82. The van der Waals surface area contributed by atoms with E-state index < -0.39 is 34.3 Å². The number of anilines is 1. The minimum Gasteiger partial charge on any atom is -0.493 e. The number of hydrogen-bond acceptors (Lipinski definition) is 6. The summed E-state index contributed by atoms with van der Waals surface area (Å²) < 4.78 is 54.3. The lowest BCUT2D eigenvalue weighted by Gasteiger charge is -2.34. The first kappa shape index (κ1) is 35.9. The number of ether oxygens (including phenoxy) is 2. The largest absolute Gasteiger partial charge is 0.493 e. The Morgan fingerprint density at radius 1 is 0.854 bits per heavy atom. The van der Waals surface area contributed by atoms with Crippen LogP contribution in [0.4, 0.5) is 10.1 Å². The first-order chi connectivity index (χ1) is 23.0. The van der Waals surface area contributed by atoms with E-state index in [-0.39, 0.29) is 41.2 Å². The van der Waals surface area contributed by atoms with Crippen molar-refractivity contribution in [3.05, 3.63) is 120 Å². The van der Waals surface area contributed by atoms with Crippen molar-refractivity contribution < 1.29 is 31.9 Å². The van der Waals surface area contributed by atoms with Gasteiger partial charge in [-0.2, -0.15) is 0 Å². The van der Waals surface area contributed by atoms with Gasteiger partial charge in [-0.05, 0) is 67.8 Å². The number of nitrogens with one attached hydrogen (secondary N) is 1. The summed E-state index contributed by atoms with van der Waals surface area (Å²) in [6, 6.07) is 24.7. The Labute approximate surface area is 282 Å². The molecule has 48 heavy (non-hydrogen) atoms. The summed E-state index contributed by atoms with van der Waals surface area (Å²) in [6.45, 7) is 5.00. The summed E-state index contributed by atoms with van der Waals surface area (Å²) in [6.07, 6.45) is 0.837. The monoisotopic (exact) mass is 675 g/mol. The number of carbonyl (C=O) groups excluding carboxylic acids is 2. The summed E-state index contributed by atoms with van der Waals surface area (Å²) in [7, 11) is -1.51. The van der Waals surface area contributed by atoms with Gasteiger partial charge in [-0.1, -0.05) is 67.1 Å². The van der Waals surface area contributed by atoms with Crippen molar-refractivity contribution in [1.82, 2.24) is 10.2 Å². The van der Waals surface area contributed by atoms with Crippen molar-refractivity contribution in [2.75, 3.05) is 25.1 Å². The first-order valence-corrected chi connectivity index (χ1v) is 17.1. The third-order valence-electron chi connectivity index (χ3n) is 8.08. The van der Waals surface area contributed by atoms with Crippen LogP contribution in [0.25, 0.3) is 0 Å². The van der Waals surface area contributed by atoms with Crippen LogP contribution in [0.2, 0.25) is 0 Å². The fourth-order valence-electron chi connectivity index (χ4n) is 5.13. The molecule has 0 spiro atoms. The van der Waals surface area contributed by atoms with Gasteiger partial charge in [0.2, 0.25) is 11.8 Å². The zero-order chi connectivity index (χ0) is 34.8. The molecular formula is C37H42FN3O6S. The van der Waals surface area contributed by atoms with Crippen molar-refractivity contribution in [2.24, 2.45) is 0 Å². The molecule has 0 heterocycles. The van der Waals surface area contributed by atoms with Gasteiger partial charge in [-0.25, -0.2) is 12.8 Å². The molecule has 0 radical (unpaired) electrons. The average Bonchev–Trinajstić information content (AvgIpc) is 3.09. The van der Waals surface area contributed by atoms with Gasteiger partial charge in [0, 0.05) is 25.1 Å². The summed E-state index contributed by atoms with van der Waals surface area (Å²) in [5.41, 5.74) is 2.54. The van der Waals surface area contributed by atoms with E-state index in [1.807, 2.05) is 51.1 Å². The highest BCUT2D eigenvalue weighted by Crippen LogP contribution is 2.32. The zero-order valence-electron chi connectivity index (χ0n) is 27.9. The molecule has 0 aliphatic rings. The lowest BCUT2D eigenvalue weighted by atomic mass is 10.0. The van der Waals surface area contributed by atoms with Crippen LogP contribution in [0.3, 0.4) is 0 Å². The fraction of sp³-hybridized carbons (Fsp3) is 0.297. The maximum atomic E-state index is 14.6. The number of sulfonamides is 1. The van der Waals surface area contributed by atoms with Crippen LogP contribution in [-0.4, -0.2) is 58.0 Å². The lowest BCUT2D eigenvalue weighted by Crippen LogP contribution is -2.54. The SMILES string of the molecule is CCC(C)NC(=O)C(Cc1ccccc1)N(Cc1ccc(F)cc1)C(=O)CN(c1ccc(C)cc1)S(=O)(=O)c1ccc(OC)c(OC)c1. The molecule has 1 N–H and O–H groups in total. The van der Waals surface area contributed by atoms with Crippen molar-refractivity contribution in [3.63, 3.8) is 0 Å². The van der Waals surface area contributed by atoms with Gasteiger partial charge in [0.15, 0.2) is 11.5 Å². The third-order valence-corrected chi connectivity index (χ3v) is 9.85. The van der Waals surface area contributed by atoms with Crippen molar-refractivity contribution >= 4 is 27.5 Å². The van der Waals surface area contributed by atoms with Crippen molar-refractivity contribution in [1.29, 1.82) is 0 Å². The lowest BCUT2D eigenvalue weighted by molar-refractivity contribution is -0.140. The van der Waals surface area contributed by atoms with E-state index in [0.717, 1.165) is 15.4 Å². The van der Waals surface area contributed by atoms with Crippen LogP contribution in [0.15, 0.2) is 102 Å². The van der Waals surface area contributed by atoms with E-state index in [1.165, 1.54) is 49.5 Å². The van der Waals surface area contributed by atoms with Gasteiger partial charge in [-0.15, -0.1) is 0 Å². The second-order valence-corrected chi connectivity index (χ2v) is 13.4. The molecular weight excluding hydrogens is 633 g/mol. The molecule has 0 saturated heterocycles. The highest BCUT2D eigenvalue weighted by Gasteiger charge is 2.35. The van der Waals surface area contributed by atoms with E-state index in [2.05, 4.69) is 5.32 Å². The smallest absolute Gasteiger partial charge is 0.264 e. The third kappa shape index (κ3) is 8.92. The first-order valence-electron chi connectivity index (χ1n) is 15.7. The molecule has 254 valence electrons. The minimum atomic E-state index is -4.36. The fourth-order valence-corrected chi connectivity index (χ4v) is 6.56. The van der Waals surface area contributed by atoms with Gasteiger partial charge in [0.25, 0.3) is 10.0 Å². The number of halogens is 1. The molecule has 2 unspecified atom stereocenters. The number of hydrogen-bond donors (Lipinski definition) is 1. The van der Waals surface area contributed by atoms with Crippen LogP contribution in [0.5, 0.6) is 11.5 Å². The standard InChI is InChI=1S/C37H42FN3O6S/c1-6-27(3)39-37(43)33(22-28-10-8-7-9-11-28)40(24-29-14-16-30(38)17-15-29)36(42)25-41(31-18-12-26(2)13-19-31)48(44,45)32-20-21-34(46-4)35(23-32)47-5/h7-21,23,27,33H,6,22,24-25H2,1-5H3,(H,39,43). The molecule has 0 bridgehead atoms. The van der Waals surface area contributed by atoms with Gasteiger partial charge in [0.1, 0.15) is 18.4 Å². The van der Waals surface area contributed by atoms with E-state index in [0.29, 0.717) is 17.7 Å². The number of benzene rings is 4. The normalized spacial score (nSPS) is 12.5. The van der Waals surface area contributed by atoms with Gasteiger partial charge in [-0.3, -0.25) is 13.9 Å². The molecule has 0 aromatic heterocycles. The number of aryl methyl sites for hydroxylation is 1. The molecule has 0 aliphatic heterocycles. The van der Waals surface area contributed by atoms with Crippen LogP contribution < -0.4 is 19.1 Å². The zero-order valence-corrected chi connectivity index (χ0v) is 28.7. The van der Waals surface area contributed by atoms with Gasteiger partial charge >= 0.3 is 0 Å². The predicted molar refractivity (Wildman–Crippen MR) is 184 cm³/mol. The van der Waals surface area contributed by atoms with E-state index in [9.17, 15) is 22.4 Å². The minimum absolute atomic E-state index is 0.0668. The Kier molecular flexibility index (Phi) is 12.2. The topological polar surface area (TPSA) is 105 Å². The number of nitrogens with zero attached hydrogens (tertiary/aromatic N) is 2. The number of amides is 2. The maximum absolute atomic E-state index is 14.6. The van der Waals surface area contributed by atoms with Crippen LogP contribution >= 0.6 is 0 Å². The predicted octanol–water partition coefficient (Wildman–Crippen LogP) is 5.90. The van der Waals surface area contributed by atoms with E-state index in [1.54, 1.807) is 36.4 Å². The van der Waals surface area contributed by atoms with Crippen LogP contribution in [0, 0.1) is 12.7 Å². The van der Waals surface area contributed by atoms with Crippen LogP contribution in [-0.2, 0) is 32.6 Å². The quantitative estimate of drug-likeness (QED) is 0.168. The second kappa shape index (κ2) is 16.3. The summed E-state index contributed by atoms with van der Waals surface area (Å²) in [5, 5.41) is 3.00. The Hall–Kier alpha value is -4.90. The molecule has 9 nitrogen and oxygen atoms in total. The number of rotatable bonds is 15. The highest BCUT2D eigenvalue weighted by atomic mass is 32.2. The van der Waals surface area contributed by atoms with E-state index in [4.69, 9.17) is 9.47 Å². The molecule has 2 atom stereocenters. The summed E-state index contributed by atoms with van der Waals surface area (Å²) in [4.78, 5) is 29.8. The summed E-state index contributed by atoms with van der Waals surface area (Å²) >= 11 is 0. The molecule has 4 aromatic rings. The Bertz CT molecular complexity index is 1780. The van der Waals surface area contributed by atoms with Crippen molar-refractivity contribution in [2.45, 2.75) is 57.1 Å². The van der Waals surface area contributed by atoms with E-state index >= 15 is 0 Å². The van der Waals surface area contributed by atoms with Crippen molar-refractivity contribution in [3.8, 4) is 11.5 Å². The summed E-state index contributed by atoms with van der Waals surface area (Å²) in [5.74, 6) is -0.900.